The number of hydrogen-bond donors (Lipinski definition) is 0. The van der Waals surface area contributed by atoms with Crippen LogP contribution in [0.25, 0.3) is 0 Å². The van der Waals surface area contributed by atoms with E-state index in [1.807, 2.05) is 12.1 Å². The number of unbranched alkanes of at least 4 members (excludes halogenated alkanes) is 1. The lowest BCUT2D eigenvalue weighted by molar-refractivity contribution is -0.949. The van der Waals surface area contributed by atoms with Gasteiger partial charge in [-0.1, -0.05) is 60.7 Å². The summed E-state index contributed by atoms with van der Waals surface area (Å²) in [5.41, 5.74) is 1.64. The third kappa shape index (κ3) is 4.43. The van der Waals surface area contributed by atoms with Crippen molar-refractivity contribution in [1.82, 2.24) is 0 Å². The molecule has 0 N–H and O–H groups in total. The first-order chi connectivity index (χ1) is 14.6. The molecule has 0 aliphatic carbocycles. The zero-order valence-electron chi connectivity index (χ0n) is 18.4. The van der Waals surface area contributed by atoms with Gasteiger partial charge in [-0.15, -0.1) is 0 Å². The van der Waals surface area contributed by atoms with Gasteiger partial charge in [-0.2, -0.15) is 10.5 Å². The maximum atomic E-state index is 10.5. The molecule has 162 valence electrons. The van der Waals surface area contributed by atoms with Crippen molar-refractivity contribution in [3.63, 3.8) is 0 Å². The SMILES string of the molecule is C[N+]1(CCCC#N)[C@@H]2CC[C@H]1CC(CC(C#N)(c1ccccc1)c1ccccc1)C2.[Br-]. The van der Waals surface area contributed by atoms with Gasteiger partial charge in [-0.3, -0.25) is 0 Å². The zero-order valence-corrected chi connectivity index (χ0v) is 20.0. The number of nitriles is 2. The molecule has 2 bridgehead atoms. The fourth-order valence-electron chi connectivity index (χ4n) is 6.34. The molecular weight excluding hydrogens is 446 g/mol. The van der Waals surface area contributed by atoms with Crippen molar-refractivity contribution in [3.8, 4) is 12.1 Å². The van der Waals surface area contributed by atoms with Gasteiger partial charge in [0.25, 0.3) is 0 Å². The van der Waals surface area contributed by atoms with E-state index in [0.717, 1.165) is 35.0 Å². The Morgan fingerprint density at radius 2 is 1.42 bits per heavy atom. The van der Waals surface area contributed by atoms with Crippen molar-refractivity contribution in [1.29, 1.82) is 10.5 Å². The quantitative estimate of drug-likeness (QED) is 0.454. The van der Waals surface area contributed by atoms with Crippen molar-refractivity contribution in [2.24, 2.45) is 5.92 Å². The Morgan fingerprint density at radius 3 is 1.87 bits per heavy atom. The van der Waals surface area contributed by atoms with Gasteiger partial charge in [0.15, 0.2) is 0 Å². The highest BCUT2D eigenvalue weighted by Crippen LogP contribution is 2.48. The molecule has 2 fully saturated rings. The maximum Gasteiger partial charge on any atom is 0.107 e. The van der Waals surface area contributed by atoms with Gasteiger partial charge in [0.1, 0.15) is 5.41 Å². The minimum Gasteiger partial charge on any atom is -1.00 e. The molecule has 2 aromatic carbocycles. The Balaban J connectivity index is 0.00000272. The second-order valence-corrected chi connectivity index (χ2v) is 9.51. The molecule has 4 heteroatoms. The second-order valence-electron chi connectivity index (χ2n) is 9.51. The number of nitrogens with zero attached hydrogens (tertiary/aromatic N) is 3. The second kappa shape index (κ2) is 9.99. The van der Waals surface area contributed by atoms with Gasteiger partial charge < -0.3 is 21.5 Å². The van der Waals surface area contributed by atoms with Crippen LogP contribution in [0.15, 0.2) is 60.7 Å². The van der Waals surface area contributed by atoms with E-state index in [4.69, 9.17) is 5.26 Å². The number of benzene rings is 2. The summed E-state index contributed by atoms with van der Waals surface area (Å²) in [5.74, 6) is 0.560. The van der Waals surface area contributed by atoms with Gasteiger partial charge in [-0.05, 0) is 23.5 Å². The molecule has 4 rings (SSSR count). The van der Waals surface area contributed by atoms with Gasteiger partial charge in [0.05, 0.1) is 37.8 Å². The normalized spacial score (nSPS) is 27.0. The van der Waals surface area contributed by atoms with E-state index >= 15 is 0 Å². The molecule has 2 aliphatic rings. The smallest absolute Gasteiger partial charge is 0.107 e. The molecule has 0 saturated carbocycles. The van der Waals surface area contributed by atoms with Crippen molar-refractivity contribution in [3.05, 3.63) is 71.8 Å². The molecule has 2 aliphatic heterocycles. The Labute approximate surface area is 197 Å². The minimum atomic E-state index is -0.589. The van der Waals surface area contributed by atoms with Crippen LogP contribution in [0.1, 0.15) is 56.1 Å². The summed E-state index contributed by atoms with van der Waals surface area (Å²) < 4.78 is 1.15. The molecule has 2 aromatic rings. The summed E-state index contributed by atoms with van der Waals surface area (Å²) in [6, 6.07) is 27.2. The first-order valence-electron chi connectivity index (χ1n) is 11.4. The highest BCUT2D eigenvalue weighted by molar-refractivity contribution is 5.45. The lowest BCUT2D eigenvalue weighted by atomic mass is 9.67. The average molecular weight is 478 g/mol. The highest BCUT2D eigenvalue weighted by atomic mass is 79.9. The summed E-state index contributed by atoms with van der Waals surface area (Å²) in [4.78, 5) is 0. The predicted octanol–water partition coefficient (Wildman–Crippen LogP) is 2.58. The van der Waals surface area contributed by atoms with Gasteiger partial charge in [-0.25, -0.2) is 0 Å². The lowest BCUT2D eigenvalue weighted by Gasteiger charge is -2.48. The molecule has 2 unspecified atom stereocenters. The van der Waals surface area contributed by atoms with E-state index in [1.165, 1.54) is 25.7 Å². The Hall–Kier alpha value is -2.14. The Bertz CT molecular complexity index is 875. The average Bonchev–Trinajstić information content (AvgIpc) is 2.95. The highest BCUT2D eigenvalue weighted by Gasteiger charge is 2.52. The molecule has 0 aromatic heterocycles. The molecular formula is C27H32BrN3. The summed E-state index contributed by atoms with van der Waals surface area (Å²) in [7, 11) is 2.42. The van der Waals surface area contributed by atoms with Crippen LogP contribution in [-0.2, 0) is 5.41 Å². The van der Waals surface area contributed by atoms with Crippen LogP contribution >= 0.6 is 0 Å². The predicted molar refractivity (Wildman–Crippen MR) is 119 cm³/mol. The summed E-state index contributed by atoms with van der Waals surface area (Å²) in [6.45, 7) is 1.12. The van der Waals surface area contributed by atoms with Crippen LogP contribution in [0, 0.1) is 28.6 Å². The van der Waals surface area contributed by atoms with Gasteiger partial charge in [0.2, 0.25) is 0 Å². The third-order valence-electron chi connectivity index (χ3n) is 7.96. The molecule has 0 spiro atoms. The van der Waals surface area contributed by atoms with Crippen molar-refractivity contribution < 1.29 is 21.5 Å². The first-order valence-corrected chi connectivity index (χ1v) is 11.4. The van der Waals surface area contributed by atoms with E-state index in [1.54, 1.807) is 0 Å². The van der Waals surface area contributed by atoms with E-state index in [2.05, 4.69) is 67.7 Å². The summed E-state index contributed by atoms with van der Waals surface area (Å²) in [5, 5.41) is 19.5. The van der Waals surface area contributed by atoms with Gasteiger partial charge in [0, 0.05) is 38.5 Å². The van der Waals surface area contributed by atoms with Crippen LogP contribution < -0.4 is 17.0 Å². The van der Waals surface area contributed by atoms with Gasteiger partial charge >= 0.3 is 0 Å². The first kappa shape index (κ1) is 23.5. The number of rotatable bonds is 7. The molecule has 0 radical (unpaired) electrons. The third-order valence-corrected chi connectivity index (χ3v) is 7.96. The van der Waals surface area contributed by atoms with Crippen LogP contribution in [0.3, 0.4) is 0 Å². The minimum absolute atomic E-state index is 0. The summed E-state index contributed by atoms with van der Waals surface area (Å²) >= 11 is 0. The molecule has 0 amide bonds. The van der Waals surface area contributed by atoms with Crippen molar-refractivity contribution in [2.75, 3.05) is 13.6 Å². The molecule has 4 atom stereocenters. The molecule has 3 nitrogen and oxygen atoms in total. The fourth-order valence-corrected chi connectivity index (χ4v) is 6.34. The van der Waals surface area contributed by atoms with E-state index in [9.17, 15) is 5.26 Å². The molecule has 2 saturated heterocycles. The van der Waals surface area contributed by atoms with Crippen LogP contribution in [0.2, 0.25) is 0 Å². The summed E-state index contributed by atoms with van der Waals surface area (Å²) in [6.07, 6.45) is 7.53. The number of piperidine rings is 1. The van der Waals surface area contributed by atoms with E-state index < -0.39 is 5.41 Å². The van der Waals surface area contributed by atoms with E-state index in [0.29, 0.717) is 24.4 Å². The standard InChI is InChI=1S/C27H32N3.BrH/c1-30(17-9-8-16-28)25-14-15-26(30)19-22(18-25)20-27(21-29,23-10-4-2-5-11-23)24-12-6-3-7-13-24;/h2-7,10-13,22,25-26H,8-9,14-15,17-20H2,1H3;1H/q+1;/p-1/t22?,25-,26+,30?;. The lowest BCUT2D eigenvalue weighted by Crippen LogP contribution is -3.00. The Morgan fingerprint density at radius 1 is 0.903 bits per heavy atom. The van der Waals surface area contributed by atoms with Crippen LogP contribution in [0.5, 0.6) is 0 Å². The van der Waals surface area contributed by atoms with Crippen LogP contribution in [0.4, 0.5) is 0 Å². The maximum absolute atomic E-state index is 10.5. The molecule has 2 heterocycles. The fraction of sp³-hybridized carbons (Fsp3) is 0.481. The number of halogens is 1. The number of quaternary nitrogens is 1. The number of hydrogen-bond acceptors (Lipinski definition) is 2. The van der Waals surface area contributed by atoms with E-state index in [-0.39, 0.29) is 17.0 Å². The van der Waals surface area contributed by atoms with Crippen molar-refractivity contribution in [2.45, 2.75) is 62.4 Å². The largest absolute Gasteiger partial charge is 1.00 e. The van der Waals surface area contributed by atoms with Crippen LogP contribution in [-0.4, -0.2) is 30.2 Å². The topological polar surface area (TPSA) is 47.6 Å². The Kier molecular flexibility index (Phi) is 7.58. The molecule has 31 heavy (non-hydrogen) atoms. The monoisotopic (exact) mass is 477 g/mol. The number of fused-ring (bicyclic) bond motifs is 2. The van der Waals surface area contributed by atoms with Crippen molar-refractivity contribution >= 4 is 0 Å². The zero-order chi connectivity index (χ0) is 21.0.